The first-order chi connectivity index (χ1) is 10.5. The quantitative estimate of drug-likeness (QED) is 0.569. The van der Waals surface area contributed by atoms with Gasteiger partial charge in [-0.3, -0.25) is 0 Å². The summed E-state index contributed by atoms with van der Waals surface area (Å²) in [7, 11) is 0. The lowest BCUT2D eigenvalue weighted by atomic mass is 9.70. The third kappa shape index (κ3) is 3.02. The SMILES string of the molecule is CC1=C(C)C[C@H](c2cc(C)cc(C)c2)[C@@H](c2ccccc2)C1. The highest BCUT2D eigenvalue weighted by Gasteiger charge is 2.29. The average molecular weight is 290 g/mol. The molecular formula is C22H26. The zero-order valence-electron chi connectivity index (χ0n) is 14.2. The summed E-state index contributed by atoms with van der Waals surface area (Å²) in [5.41, 5.74) is 8.92. The topological polar surface area (TPSA) is 0 Å². The fourth-order valence-corrected chi connectivity index (χ4v) is 3.92. The Morgan fingerprint density at radius 3 is 1.68 bits per heavy atom. The van der Waals surface area contributed by atoms with Crippen LogP contribution in [0.1, 0.15) is 60.8 Å². The van der Waals surface area contributed by atoms with Gasteiger partial charge in [-0.05, 0) is 63.5 Å². The molecule has 3 rings (SSSR count). The number of rotatable bonds is 2. The molecule has 2 aromatic rings. The summed E-state index contributed by atoms with van der Waals surface area (Å²) in [6.45, 7) is 9.05. The Hall–Kier alpha value is -1.82. The molecule has 1 aliphatic carbocycles. The molecule has 0 saturated heterocycles. The van der Waals surface area contributed by atoms with E-state index >= 15 is 0 Å². The van der Waals surface area contributed by atoms with Gasteiger partial charge >= 0.3 is 0 Å². The Bertz CT molecular complexity index is 671. The third-order valence-electron chi connectivity index (χ3n) is 5.17. The van der Waals surface area contributed by atoms with Crippen LogP contribution in [0, 0.1) is 13.8 Å². The van der Waals surface area contributed by atoms with Gasteiger partial charge < -0.3 is 0 Å². The van der Waals surface area contributed by atoms with Crippen LogP contribution < -0.4 is 0 Å². The van der Waals surface area contributed by atoms with Crippen molar-refractivity contribution in [1.82, 2.24) is 0 Å². The van der Waals surface area contributed by atoms with Gasteiger partial charge in [-0.15, -0.1) is 0 Å². The van der Waals surface area contributed by atoms with E-state index in [1.807, 2.05) is 0 Å². The first kappa shape index (κ1) is 15.1. The molecule has 2 atom stereocenters. The van der Waals surface area contributed by atoms with E-state index in [-0.39, 0.29) is 0 Å². The van der Waals surface area contributed by atoms with E-state index in [0.29, 0.717) is 11.8 Å². The molecule has 0 saturated carbocycles. The molecule has 0 heterocycles. The van der Waals surface area contributed by atoms with Crippen molar-refractivity contribution in [3.63, 3.8) is 0 Å². The summed E-state index contributed by atoms with van der Waals surface area (Å²) in [6, 6.07) is 18.1. The lowest BCUT2D eigenvalue weighted by Gasteiger charge is -2.34. The van der Waals surface area contributed by atoms with E-state index in [4.69, 9.17) is 0 Å². The Morgan fingerprint density at radius 1 is 0.636 bits per heavy atom. The van der Waals surface area contributed by atoms with Crippen LogP contribution >= 0.6 is 0 Å². The van der Waals surface area contributed by atoms with E-state index in [2.05, 4.69) is 76.2 Å². The smallest absolute Gasteiger partial charge is 0.00526 e. The second kappa shape index (κ2) is 6.12. The maximum absolute atomic E-state index is 2.39. The van der Waals surface area contributed by atoms with Gasteiger partial charge in [0.25, 0.3) is 0 Å². The number of aryl methyl sites for hydroxylation is 2. The van der Waals surface area contributed by atoms with Crippen molar-refractivity contribution in [3.05, 3.63) is 81.9 Å². The van der Waals surface area contributed by atoms with Crippen molar-refractivity contribution in [1.29, 1.82) is 0 Å². The molecule has 0 heteroatoms. The molecular weight excluding hydrogens is 264 g/mol. The van der Waals surface area contributed by atoms with Crippen LogP contribution in [0.5, 0.6) is 0 Å². The van der Waals surface area contributed by atoms with Gasteiger partial charge in [-0.1, -0.05) is 70.8 Å². The van der Waals surface area contributed by atoms with E-state index < -0.39 is 0 Å². The van der Waals surface area contributed by atoms with E-state index in [0.717, 1.165) is 0 Å². The third-order valence-corrected chi connectivity index (χ3v) is 5.17. The molecule has 0 spiro atoms. The fourth-order valence-electron chi connectivity index (χ4n) is 3.92. The van der Waals surface area contributed by atoms with Crippen LogP contribution in [0.3, 0.4) is 0 Å². The second-order valence-electron chi connectivity index (χ2n) is 7.01. The second-order valence-corrected chi connectivity index (χ2v) is 7.01. The van der Waals surface area contributed by atoms with Crippen LogP contribution in [0.15, 0.2) is 59.7 Å². The maximum Gasteiger partial charge on any atom is -0.00526 e. The van der Waals surface area contributed by atoms with Crippen LogP contribution in [0.4, 0.5) is 0 Å². The standard InChI is InChI=1S/C22H26/c1-15-10-16(2)12-20(11-15)22-14-18(4)17(3)13-21(22)19-8-6-5-7-9-19/h5-12,21-22H,13-14H2,1-4H3/t21-,22-/m1/s1. The molecule has 0 nitrogen and oxygen atoms in total. The molecule has 0 N–H and O–H groups in total. The first-order valence-corrected chi connectivity index (χ1v) is 8.33. The molecule has 114 valence electrons. The molecule has 1 aliphatic rings. The van der Waals surface area contributed by atoms with Gasteiger partial charge in [0.2, 0.25) is 0 Å². The Labute approximate surface area is 134 Å². The van der Waals surface area contributed by atoms with Gasteiger partial charge in [-0.2, -0.15) is 0 Å². The summed E-state index contributed by atoms with van der Waals surface area (Å²) in [6.07, 6.45) is 2.38. The number of benzene rings is 2. The van der Waals surface area contributed by atoms with Crippen molar-refractivity contribution in [2.45, 2.75) is 52.4 Å². The molecule has 0 fully saturated rings. The van der Waals surface area contributed by atoms with Crippen LogP contribution in [0.2, 0.25) is 0 Å². The molecule has 2 aromatic carbocycles. The highest BCUT2D eigenvalue weighted by molar-refractivity contribution is 5.38. The van der Waals surface area contributed by atoms with E-state index in [1.54, 1.807) is 11.1 Å². The molecule has 22 heavy (non-hydrogen) atoms. The van der Waals surface area contributed by atoms with Crippen molar-refractivity contribution in [2.24, 2.45) is 0 Å². The highest BCUT2D eigenvalue weighted by Crippen LogP contribution is 2.46. The zero-order valence-corrected chi connectivity index (χ0v) is 14.2. The van der Waals surface area contributed by atoms with E-state index in [1.165, 1.54) is 35.1 Å². The van der Waals surface area contributed by atoms with Crippen LogP contribution in [-0.2, 0) is 0 Å². The van der Waals surface area contributed by atoms with Crippen molar-refractivity contribution >= 4 is 0 Å². The summed E-state index contributed by atoms with van der Waals surface area (Å²) in [5, 5.41) is 0. The van der Waals surface area contributed by atoms with E-state index in [9.17, 15) is 0 Å². The van der Waals surface area contributed by atoms with Crippen molar-refractivity contribution in [3.8, 4) is 0 Å². The summed E-state index contributed by atoms with van der Waals surface area (Å²) < 4.78 is 0. The minimum Gasteiger partial charge on any atom is -0.0737 e. The zero-order chi connectivity index (χ0) is 15.7. The van der Waals surface area contributed by atoms with Gasteiger partial charge in [0, 0.05) is 0 Å². The number of allylic oxidation sites excluding steroid dienone is 2. The van der Waals surface area contributed by atoms with Crippen LogP contribution in [-0.4, -0.2) is 0 Å². The fraction of sp³-hybridized carbons (Fsp3) is 0.364. The molecule has 0 aliphatic heterocycles. The Kier molecular flexibility index (Phi) is 4.20. The van der Waals surface area contributed by atoms with Crippen LogP contribution in [0.25, 0.3) is 0 Å². The number of hydrogen-bond donors (Lipinski definition) is 0. The van der Waals surface area contributed by atoms with Crippen molar-refractivity contribution < 1.29 is 0 Å². The minimum absolute atomic E-state index is 0.602. The molecule has 0 bridgehead atoms. The Balaban J connectivity index is 2.05. The highest BCUT2D eigenvalue weighted by atomic mass is 14.3. The molecule has 0 unspecified atom stereocenters. The largest absolute Gasteiger partial charge is 0.0737 e. The lowest BCUT2D eigenvalue weighted by Crippen LogP contribution is -2.18. The predicted octanol–water partition coefficient (Wildman–Crippen LogP) is 6.30. The van der Waals surface area contributed by atoms with Gasteiger partial charge in [0.15, 0.2) is 0 Å². The normalized spacial score (nSPS) is 22.0. The lowest BCUT2D eigenvalue weighted by molar-refractivity contribution is 0.496. The number of hydrogen-bond acceptors (Lipinski definition) is 0. The van der Waals surface area contributed by atoms with Gasteiger partial charge in [0.1, 0.15) is 0 Å². The molecule has 0 radical (unpaired) electrons. The van der Waals surface area contributed by atoms with Gasteiger partial charge in [-0.25, -0.2) is 0 Å². The summed E-state index contributed by atoms with van der Waals surface area (Å²) in [5.74, 6) is 1.20. The minimum atomic E-state index is 0.602. The maximum atomic E-state index is 2.39. The first-order valence-electron chi connectivity index (χ1n) is 8.33. The Morgan fingerprint density at radius 2 is 1.14 bits per heavy atom. The summed E-state index contributed by atoms with van der Waals surface area (Å²) >= 11 is 0. The summed E-state index contributed by atoms with van der Waals surface area (Å²) in [4.78, 5) is 0. The average Bonchev–Trinajstić information content (AvgIpc) is 2.49. The monoisotopic (exact) mass is 290 g/mol. The molecule has 0 amide bonds. The van der Waals surface area contributed by atoms with Crippen molar-refractivity contribution in [2.75, 3.05) is 0 Å². The predicted molar refractivity (Wildman–Crippen MR) is 95.4 cm³/mol. The molecule has 0 aromatic heterocycles. The van der Waals surface area contributed by atoms with Gasteiger partial charge in [0.05, 0.1) is 0 Å².